The summed E-state index contributed by atoms with van der Waals surface area (Å²) in [5.74, 6) is 0. The maximum atomic E-state index is 3.51. The zero-order valence-electron chi connectivity index (χ0n) is 9.91. The molecule has 0 atom stereocenters. The minimum atomic E-state index is -0.0274. The van der Waals surface area contributed by atoms with Crippen LogP contribution in [0.25, 0.3) is 0 Å². The molecule has 0 aliphatic carbocycles. The Hall–Kier alpha value is -0.120. The zero-order chi connectivity index (χ0) is 10.5. The van der Waals surface area contributed by atoms with E-state index in [2.05, 4.69) is 57.5 Å². The van der Waals surface area contributed by atoms with E-state index in [0.29, 0.717) is 0 Å². The van der Waals surface area contributed by atoms with Crippen LogP contribution >= 0.6 is 0 Å². The van der Waals surface area contributed by atoms with Gasteiger partial charge in [0, 0.05) is 0 Å². The molecule has 0 aliphatic rings. The van der Waals surface area contributed by atoms with Crippen LogP contribution in [0.1, 0.15) is 41.5 Å². The average molecular weight is 187 g/mol. The van der Waals surface area contributed by atoms with Gasteiger partial charge in [-0.15, -0.1) is 0 Å². The van der Waals surface area contributed by atoms with Crippen LogP contribution in [0.4, 0.5) is 0 Å². The molecule has 0 aromatic rings. The summed E-state index contributed by atoms with van der Waals surface area (Å²) in [7, 11) is 0. The van der Waals surface area contributed by atoms with Gasteiger partial charge in [-0.25, -0.2) is 0 Å². The lowest BCUT2D eigenvalue weighted by Gasteiger charge is -2.38. The summed E-state index contributed by atoms with van der Waals surface area (Å²) in [5.41, 5.74) is -0.0547. The quantitative estimate of drug-likeness (QED) is 0.548. The third kappa shape index (κ3) is 6.02. The van der Waals surface area contributed by atoms with Gasteiger partial charge in [-0.2, -0.15) is 0 Å². The van der Waals surface area contributed by atoms with Crippen molar-refractivity contribution in [2.45, 2.75) is 52.9 Å². The topological polar surface area (TPSA) is 36.1 Å². The van der Waals surface area contributed by atoms with Gasteiger partial charge in [0.2, 0.25) is 0 Å². The first kappa shape index (κ1) is 12.9. The highest BCUT2D eigenvalue weighted by molar-refractivity contribution is 4.84. The third-order valence-electron chi connectivity index (χ3n) is 1.86. The van der Waals surface area contributed by atoms with Gasteiger partial charge in [-0.05, 0) is 40.8 Å². The lowest BCUT2D eigenvalue weighted by molar-refractivity contribution is 0.195. The fourth-order valence-corrected chi connectivity index (χ4v) is 1.75. The molecule has 0 aromatic carbocycles. The van der Waals surface area contributed by atoms with Gasteiger partial charge in [0.05, 0.1) is 11.3 Å². The van der Waals surface area contributed by atoms with Crippen LogP contribution in [-0.2, 0) is 0 Å². The molecule has 0 fully saturated rings. The molecule has 0 unspecified atom stereocenters. The predicted octanol–water partition coefficient (Wildman–Crippen LogP) is 1.27. The summed E-state index contributed by atoms with van der Waals surface area (Å²) >= 11 is 0. The molecule has 0 spiro atoms. The highest BCUT2D eigenvalue weighted by Crippen LogP contribution is 2.05. The van der Waals surface area contributed by atoms with Gasteiger partial charge >= 0.3 is 0 Å². The third-order valence-corrected chi connectivity index (χ3v) is 1.86. The number of rotatable bonds is 6. The van der Waals surface area contributed by atoms with Crippen LogP contribution < -0.4 is 16.0 Å². The van der Waals surface area contributed by atoms with Gasteiger partial charge in [-0.1, -0.05) is 13.8 Å². The highest BCUT2D eigenvalue weighted by Gasteiger charge is 2.25. The van der Waals surface area contributed by atoms with Crippen LogP contribution in [0, 0.1) is 0 Å². The van der Waals surface area contributed by atoms with Crippen molar-refractivity contribution in [1.82, 2.24) is 16.0 Å². The van der Waals surface area contributed by atoms with Crippen molar-refractivity contribution in [1.29, 1.82) is 0 Å². The maximum Gasteiger partial charge on any atom is 0.0642 e. The monoisotopic (exact) mass is 187 g/mol. The molecule has 0 saturated carbocycles. The van der Waals surface area contributed by atoms with E-state index < -0.39 is 0 Å². The largest absolute Gasteiger partial charge is 0.300 e. The predicted molar refractivity (Wildman–Crippen MR) is 58.6 cm³/mol. The van der Waals surface area contributed by atoms with E-state index in [1.54, 1.807) is 0 Å². The van der Waals surface area contributed by atoms with E-state index in [9.17, 15) is 0 Å². The second kappa shape index (κ2) is 4.94. The second-order valence-corrected chi connectivity index (χ2v) is 4.44. The van der Waals surface area contributed by atoms with Crippen LogP contribution in [0.3, 0.4) is 0 Å². The molecule has 3 nitrogen and oxygen atoms in total. The highest BCUT2D eigenvalue weighted by atomic mass is 15.3. The summed E-state index contributed by atoms with van der Waals surface area (Å²) in [6.45, 7) is 14.8. The Kier molecular flexibility index (Phi) is 4.89. The van der Waals surface area contributed by atoms with E-state index in [0.717, 1.165) is 13.1 Å². The summed E-state index contributed by atoms with van der Waals surface area (Å²) in [4.78, 5) is 0. The molecule has 0 bridgehead atoms. The molecule has 0 saturated heterocycles. The summed E-state index contributed by atoms with van der Waals surface area (Å²) in [6.07, 6.45) is 0. The van der Waals surface area contributed by atoms with Gasteiger partial charge < -0.3 is 10.6 Å². The average Bonchev–Trinajstić information content (AvgIpc) is 1.82. The van der Waals surface area contributed by atoms with Crippen LogP contribution in [0.5, 0.6) is 0 Å². The Morgan fingerprint density at radius 3 is 1.31 bits per heavy atom. The number of nitrogens with one attached hydrogen (secondary N) is 3. The van der Waals surface area contributed by atoms with Crippen molar-refractivity contribution < 1.29 is 0 Å². The number of hydrogen-bond acceptors (Lipinski definition) is 3. The maximum absolute atomic E-state index is 3.51. The number of hydrogen-bond donors (Lipinski definition) is 3. The molecule has 80 valence electrons. The lowest BCUT2D eigenvalue weighted by Crippen LogP contribution is -2.64. The van der Waals surface area contributed by atoms with Gasteiger partial charge in [-0.3, -0.25) is 5.32 Å². The Labute approximate surface area is 82.7 Å². The standard InChI is InChI=1S/C10H25N3/c1-7-11-9(3,4)13-10(5,6)12-8-2/h11-13H,7-8H2,1-6H3. The summed E-state index contributed by atoms with van der Waals surface area (Å²) in [6, 6.07) is 0. The zero-order valence-corrected chi connectivity index (χ0v) is 9.91. The van der Waals surface area contributed by atoms with Crippen molar-refractivity contribution in [3.63, 3.8) is 0 Å². The minimum absolute atomic E-state index is 0.0274. The first-order valence-electron chi connectivity index (χ1n) is 5.12. The van der Waals surface area contributed by atoms with Crippen LogP contribution in [0.15, 0.2) is 0 Å². The molecule has 0 radical (unpaired) electrons. The van der Waals surface area contributed by atoms with Crippen molar-refractivity contribution in [2.24, 2.45) is 0 Å². The molecule has 13 heavy (non-hydrogen) atoms. The first-order chi connectivity index (χ1) is 5.83. The normalized spacial score (nSPS) is 13.4. The Morgan fingerprint density at radius 1 is 0.769 bits per heavy atom. The van der Waals surface area contributed by atoms with Gasteiger partial charge in [0.15, 0.2) is 0 Å². The molecule has 0 amide bonds. The van der Waals surface area contributed by atoms with Crippen LogP contribution in [-0.4, -0.2) is 24.4 Å². The molecular weight excluding hydrogens is 162 g/mol. The van der Waals surface area contributed by atoms with Gasteiger partial charge in [0.1, 0.15) is 0 Å². The van der Waals surface area contributed by atoms with Crippen LogP contribution in [0.2, 0.25) is 0 Å². The fraction of sp³-hybridized carbons (Fsp3) is 1.00. The molecule has 0 heterocycles. The molecule has 3 N–H and O–H groups in total. The summed E-state index contributed by atoms with van der Waals surface area (Å²) < 4.78 is 0. The van der Waals surface area contributed by atoms with Crippen molar-refractivity contribution in [3.05, 3.63) is 0 Å². The lowest BCUT2D eigenvalue weighted by atomic mass is 10.1. The molecule has 0 aliphatic heterocycles. The van der Waals surface area contributed by atoms with E-state index in [1.165, 1.54) is 0 Å². The van der Waals surface area contributed by atoms with Crippen molar-refractivity contribution >= 4 is 0 Å². The van der Waals surface area contributed by atoms with E-state index in [1.807, 2.05) is 0 Å². The molecular formula is C10H25N3. The van der Waals surface area contributed by atoms with E-state index in [-0.39, 0.29) is 11.3 Å². The van der Waals surface area contributed by atoms with Gasteiger partial charge in [0.25, 0.3) is 0 Å². The van der Waals surface area contributed by atoms with Crippen molar-refractivity contribution in [2.75, 3.05) is 13.1 Å². The second-order valence-electron chi connectivity index (χ2n) is 4.44. The van der Waals surface area contributed by atoms with E-state index in [4.69, 9.17) is 0 Å². The molecule has 0 aromatic heterocycles. The summed E-state index contributed by atoms with van der Waals surface area (Å²) in [5, 5.41) is 10.3. The first-order valence-corrected chi connectivity index (χ1v) is 5.12. The fourth-order valence-electron chi connectivity index (χ4n) is 1.75. The van der Waals surface area contributed by atoms with Crippen molar-refractivity contribution in [3.8, 4) is 0 Å². The molecule has 0 rings (SSSR count). The Bertz CT molecular complexity index is 125. The minimum Gasteiger partial charge on any atom is -0.300 e. The Balaban J connectivity index is 4.07. The Morgan fingerprint density at radius 2 is 1.08 bits per heavy atom. The smallest absolute Gasteiger partial charge is 0.0642 e. The molecule has 3 heteroatoms. The SMILES string of the molecule is CCNC(C)(C)NC(C)(C)NCC. The van der Waals surface area contributed by atoms with E-state index >= 15 is 0 Å².